The van der Waals surface area contributed by atoms with E-state index >= 15 is 0 Å². The van der Waals surface area contributed by atoms with Crippen molar-refractivity contribution in [2.24, 2.45) is 5.41 Å². The van der Waals surface area contributed by atoms with Crippen molar-refractivity contribution in [2.75, 3.05) is 0 Å². The van der Waals surface area contributed by atoms with Crippen molar-refractivity contribution in [3.05, 3.63) is 60.2 Å². The Morgan fingerprint density at radius 2 is 1.57 bits per heavy atom. The van der Waals surface area contributed by atoms with E-state index in [4.69, 9.17) is 9.47 Å². The van der Waals surface area contributed by atoms with Gasteiger partial charge in [-0.05, 0) is 50.6 Å². The van der Waals surface area contributed by atoms with Gasteiger partial charge in [-0.25, -0.2) is 4.79 Å². The third-order valence-electron chi connectivity index (χ3n) is 3.67. The van der Waals surface area contributed by atoms with Gasteiger partial charge in [0.1, 0.15) is 11.5 Å². The van der Waals surface area contributed by atoms with E-state index in [2.05, 4.69) is 0 Å². The van der Waals surface area contributed by atoms with Crippen molar-refractivity contribution in [1.82, 2.24) is 0 Å². The second-order valence-corrected chi connectivity index (χ2v) is 5.86. The number of carbonyl (C=O) groups excluding carboxylic acids is 2. The van der Waals surface area contributed by atoms with Crippen LogP contribution in [0.5, 0.6) is 11.5 Å². The van der Waals surface area contributed by atoms with Crippen molar-refractivity contribution in [3.63, 3.8) is 0 Å². The number of esters is 2. The van der Waals surface area contributed by atoms with E-state index in [-0.39, 0.29) is 5.97 Å². The molecule has 0 N–H and O–H groups in total. The van der Waals surface area contributed by atoms with Crippen molar-refractivity contribution >= 4 is 11.9 Å². The molecule has 4 nitrogen and oxygen atoms in total. The second-order valence-electron chi connectivity index (χ2n) is 5.86. The highest BCUT2D eigenvalue weighted by atomic mass is 16.5. The van der Waals surface area contributed by atoms with Gasteiger partial charge in [-0.15, -0.1) is 0 Å². The summed E-state index contributed by atoms with van der Waals surface area (Å²) in [6, 6.07) is 15.2. The van der Waals surface area contributed by atoms with Crippen LogP contribution in [0, 0.1) is 5.41 Å². The van der Waals surface area contributed by atoms with Gasteiger partial charge < -0.3 is 9.47 Å². The van der Waals surface area contributed by atoms with Crippen LogP contribution in [0.1, 0.15) is 37.6 Å². The van der Waals surface area contributed by atoms with E-state index in [9.17, 15) is 9.59 Å². The highest BCUT2D eigenvalue weighted by Gasteiger charge is 2.27. The minimum Gasteiger partial charge on any atom is -0.426 e. The number of ether oxygens (including phenoxy) is 2. The van der Waals surface area contributed by atoms with Crippen LogP contribution in [0.25, 0.3) is 0 Å². The van der Waals surface area contributed by atoms with Crippen LogP contribution < -0.4 is 9.47 Å². The summed E-state index contributed by atoms with van der Waals surface area (Å²) < 4.78 is 10.6. The normalized spacial score (nSPS) is 10.9. The maximum Gasteiger partial charge on any atom is 0.343 e. The van der Waals surface area contributed by atoms with Gasteiger partial charge in [-0.1, -0.05) is 31.2 Å². The number of hydrogen-bond acceptors (Lipinski definition) is 4. The number of hydrogen-bond donors (Lipinski definition) is 0. The third kappa shape index (κ3) is 4.42. The first-order chi connectivity index (χ1) is 10.9. The fraction of sp³-hybridized carbons (Fsp3) is 0.263. The third-order valence-corrected chi connectivity index (χ3v) is 3.67. The van der Waals surface area contributed by atoms with Gasteiger partial charge in [0.2, 0.25) is 0 Å². The van der Waals surface area contributed by atoms with E-state index in [1.165, 1.54) is 6.07 Å². The van der Waals surface area contributed by atoms with Gasteiger partial charge in [0.25, 0.3) is 0 Å². The lowest BCUT2D eigenvalue weighted by atomic mass is 9.91. The molecule has 0 aromatic heterocycles. The summed E-state index contributed by atoms with van der Waals surface area (Å²) in [5.74, 6) is -0.0246. The SMILES string of the molecule is CCC(C)(C)C(=O)Oc1cccc(C(=O)Oc2ccccc2)c1. The van der Waals surface area contributed by atoms with Gasteiger partial charge in [0, 0.05) is 0 Å². The molecule has 0 radical (unpaired) electrons. The number of rotatable bonds is 5. The molecule has 2 rings (SSSR count). The predicted molar refractivity (Wildman–Crippen MR) is 87.5 cm³/mol. The van der Waals surface area contributed by atoms with Gasteiger partial charge >= 0.3 is 11.9 Å². The summed E-state index contributed by atoms with van der Waals surface area (Å²) in [6.07, 6.45) is 0.668. The topological polar surface area (TPSA) is 52.6 Å². The molecule has 0 bridgehead atoms. The number of para-hydroxylation sites is 1. The molecule has 0 spiro atoms. The van der Waals surface area contributed by atoms with Crippen molar-refractivity contribution < 1.29 is 19.1 Å². The quantitative estimate of drug-likeness (QED) is 0.612. The average Bonchev–Trinajstić information content (AvgIpc) is 2.56. The summed E-state index contributed by atoms with van der Waals surface area (Å²) >= 11 is 0. The molecule has 0 amide bonds. The molecule has 0 unspecified atom stereocenters. The van der Waals surface area contributed by atoms with Crippen LogP contribution in [0.3, 0.4) is 0 Å². The standard InChI is InChI=1S/C19H20O4/c1-4-19(2,3)18(21)23-16-12-8-9-14(13-16)17(20)22-15-10-6-5-7-11-15/h5-13H,4H2,1-3H3. The Balaban J connectivity index is 2.10. The minimum absolute atomic E-state index is 0.325. The van der Waals surface area contributed by atoms with Crippen LogP contribution in [0.2, 0.25) is 0 Å². The molecule has 0 aliphatic rings. The van der Waals surface area contributed by atoms with Crippen LogP contribution in [-0.4, -0.2) is 11.9 Å². The average molecular weight is 312 g/mol. The molecule has 0 heterocycles. The van der Waals surface area contributed by atoms with Crippen molar-refractivity contribution in [2.45, 2.75) is 27.2 Å². The summed E-state index contributed by atoms with van der Waals surface area (Å²) in [5.41, 5.74) is -0.242. The fourth-order valence-electron chi connectivity index (χ4n) is 1.73. The van der Waals surface area contributed by atoms with E-state index < -0.39 is 11.4 Å². The predicted octanol–water partition coefficient (Wildman–Crippen LogP) is 4.25. The Morgan fingerprint density at radius 3 is 2.22 bits per heavy atom. The first-order valence-corrected chi connectivity index (χ1v) is 7.52. The lowest BCUT2D eigenvalue weighted by Crippen LogP contribution is -2.28. The second kappa shape index (κ2) is 7.09. The minimum atomic E-state index is -0.569. The monoisotopic (exact) mass is 312 g/mol. The molecule has 0 aliphatic carbocycles. The molecule has 2 aromatic carbocycles. The number of benzene rings is 2. The molecular formula is C19H20O4. The first kappa shape index (κ1) is 16.7. The Hall–Kier alpha value is -2.62. The lowest BCUT2D eigenvalue weighted by Gasteiger charge is -2.20. The summed E-state index contributed by atoms with van der Waals surface area (Å²) in [6.45, 7) is 5.57. The zero-order valence-corrected chi connectivity index (χ0v) is 13.5. The highest BCUT2D eigenvalue weighted by Crippen LogP contribution is 2.24. The molecule has 0 atom stereocenters. The van der Waals surface area contributed by atoms with E-state index in [0.29, 0.717) is 23.5 Å². The zero-order chi connectivity index (χ0) is 16.9. The smallest absolute Gasteiger partial charge is 0.343 e. The van der Waals surface area contributed by atoms with E-state index in [0.717, 1.165) is 0 Å². The summed E-state index contributed by atoms with van der Waals surface area (Å²) in [7, 11) is 0. The van der Waals surface area contributed by atoms with Gasteiger partial charge in [0.15, 0.2) is 0 Å². The zero-order valence-electron chi connectivity index (χ0n) is 13.5. The van der Waals surface area contributed by atoms with Crippen molar-refractivity contribution in [3.8, 4) is 11.5 Å². The molecule has 4 heteroatoms. The Morgan fingerprint density at radius 1 is 0.913 bits per heavy atom. The molecule has 0 aliphatic heterocycles. The Bertz CT molecular complexity index is 690. The molecule has 23 heavy (non-hydrogen) atoms. The summed E-state index contributed by atoms with van der Waals surface area (Å²) in [5, 5.41) is 0. The largest absolute Gasteiger partial charge is 0.426 e. The molecule has 120 valence electrons. The van der Waals surface area contributed by atoms with Crippen LogP contribution in [0.15, 0.2) is 54.6 Å². The van der Waals surface area contributed by atoms with Crippen molar-refractivity contribution in [1.29, 1.82) is 0 Å². The molecule has 2 aromatic rings. The van der Waals surface area contributed by atoms with Gasteiger partial charge in [-0.2, -0.15) is 0 Å². The van der Waals surface area contributed by atoms with E-state index in [1.54, 1.807) is 42.5 Å². The molecule has 0 saturated carbocycles. The van der Waals surface area contributed by atoms with Gasteiger partial charge in [-0.3, -0.25) is 4.79 Å². The highest BCUT2D eigenvalue weighted by molar-refractivity contribution is 5.91. The lowest BCUT2D eigenvalue weighted by molar-refractivity contribution is -0.144. The Labute approximate surface area is 136 Å². The first-order valence-electron chi connectivity index (χ1n) is 7.52. The van der Waals surface area contributed by atoms with E-state index in [1.807, 2.05) is 26.8 Å². The maximum absolute atomic E-state index is 12.1. The van der Waals surface area contributed by atoms with Crippen LogP contribution in [0.4, 0.5) is 0 Å². The van der Waals surface area contributed by atoms with Crippen LogP contribution in [-0.2, 0) is 4.79 Å². The summed E-state index contributed by atoms with van der Waals surface area (Å²) in [4.78, 5) is 24.2. The number of carbonyl (C=O) groups is 2. The van der Waals surface area contributed by atoms with Gasteiger partial charge in [0.05, 0.1) is 11.0 Å². The Kier molecular flexibility index (Phi) is 5.16. The molecule has 0 saturated heterocycles. The molecule has 0 fully saturated rings. The fourth-order valence-corrected chi connectivity index (χ4v) is 1.73. The maximum atomic E-state index is 12.1. The van der Waals surface area contributed by atoms with Crippen LogP contribution >= 0.6 is 0 Å². The molecular weight excluding hydrogens is 292 g/mol.